The van der Waals surface area contributed by atoms with Crippen LogP contribution in [-0.2, 0) is 0 Å². The summed E-state index contributed by atoms with van der Waals surface area (Å²) in [6.07, 6.45) is 1.42. The first-order valence-electron chi connectivity index (χ1n) is 7.23. The van der Waals surface area contributed by atoms with E-state index in [0.29, 0.717) is 17.7 Å². The number of nitrogens with one attached hydrogen (secondary N) is 2. The fourth-order valence-electron chi connectivity index (χ4n) is 2.48. The van der Waals surface area contributed by atoms with Crippen molar-refractivity contribution in [2.24, 2.45) is 0 Å². The number of rotatable bonds is 5. The van der Waals surface area contributed by atoms with E-state index in [0.717, 1.165) is 11.1 Å². The van der Waals surface area contributed by atoms with Gasteiger partial charge in [-0.3, -0.25) is 4.79 Å². The number of aliphatic hydroxyl groups is 1. The summed E-state index contributed by atoms with van der Waals surface area (Å²) in [5, 5.41) is 13.1. The molecule has 1 aromatic carbocycles. The third-order valence-corrected chi connectivity index (χ3v) is 3.62. The normalized spacial score (nSPS) is 13.9. The van der Waals surface area contributed by atoms with Crippen LogP contribution < -0.4 is 5.32 Å². The van der Waals surface area contributed by atoms with E-state index in [9.17, 15) is 9.90 Å². The Morgan fingerprint density at radius 3 is 2.82 bits per heavy atom. The van der Waals surface area contributed by atoms with E-state index in [1.54, 1.807) is 18.4 Å². The highest BCUT2D eigenvalue weighted by atomic mass is 16.3. The molecule has 0 aliphatic carbocycles. The molecule has 2 heterocycles. The molecule has 0 saturated heterocycles. The molecule has 5 heteroatoms. The molecule has 22 heavy (non-hydrogen) atoms. The fourth-order valence-corrected chi connectivity index (χ4v) is 2.48. The number of benzene rings is 1. The van der Waals surface area contributed by atoms with Gasteiger partial charge < -0.3 is 19.8 Å². The van der Waals surface area contributed by atoms with Crippen LogP contribution in [0.25, 0.3) is 11.1 Å². The van der Waals surface area contributed by atoms with Gasteiger partial charge >= 0.3 is 0 Å². The van der Waals surface area contributed by atoms with Gasteiger partial charge in [0.25, 0.3) is 5.91 Å². The van der Waals surface area contributed by atoms with Crippen molar-refractivity contribution in [2.45, 2.75) is 25.5 Å². The minimum atomic E-state index is -0.601. The minimum Gasteiger partial charge on any atom is -0.463 e. The molecule has 0 aliphatic rings. The second-order valence-electron chi connectivity index (χ2n) is 5.42. The monoisotopic (exact) mass is 298 g/mol. The van der Waals surface area contributed by atoms with Crippen LogP contribution in [0.5, 0.6) is 0 Å². The molecule has 2 atom stereocenters. The zero-order chi connectivity index (χ0) is 15.5. The molecular weight excluding hydrogens is 280 g/mol. The highest BCUT2D eigenvalue weighted by Gasteiger charge is 2.17. The van der Waals surface area contributed by atoms with Crippen molar-refractivity contribution < 1.29 is 14.3 Å². The van der Waals surface area contributed by atoms with Crippen molar-refractivity contribution in [3.8, 4) is 0 Å². The Labute approximate surface area is 128 Å². The number of carbonyl (C=O) groups excluding carboxylic acids is 1. The van der Waals surface area contributed by atoms with Gasteiger partial charge in [0.15, 0.2) is 5.58 Å². The lowest BCUT2D eigenvalue weighted by molar-refractivity contribution is 0.0912. The molecule has 3 rings (SSSR count). The van der Waals surface area contributed by atoms with Gasteiger partial charge in [0.2, 0.25) is 0 Å². The summed E-state index contributed by atoms with van der Waals surface area (Å²) in [4.78, 5) is 15.2. The lowest BCUT2D eigenvalue weighted by atomic mass is 10.0. The summed E-state index contributed by atoms with van der Waals surface area (Å²) in [6, 6.07) is 12.7. The maximum Gasteiger partial charge on any atom is 0.268 e. The molecule has 3 aromatic rings. The van der Waals surface area contributed by atoms with Gasteiger partial charge in [-0.1, -0.05) is 30.3 Å². The third-order valence-electron chi connectivity index (χ3n) is 3.62. The number of aromatic amines is 1. The molecule has 2 unspecified atom stereocenters. The molecule has 0 spiro atoms. The maximum atomic E-state index is 12.2. The summed E-state index contributed by atoms with van der Waals surface area (Å²) >= 11 is 0. The number of furan rings is 1. The van der Waals surface area contributed by atoms with Crippen molar-refractivity contribution in [1.29, 1.82) is 0 Å². The summed E-state index contributed by atoms with van der Waals surface area (Å²) in [5.74, 6) is -0.209. The highest BCUT2D eigenvalue weighted by molar-refractivity contribution is 5.96. The molecule has 114 valence electrons. The number of amides is 1. The first-order valence-corrected chi connectivity index (χ1v) is 7.23. The minimum absolute atomic E-state index is 0.155. The number of hydrogen-bond acceptors (Lipinski definition) is 3. The van der Waals surface area contributed by atoms with E-state index in [1.807, 2.05) is 37.3 Å². The van der Waals surface area contributed by atoms with E-state index in [4.69, 9.17) is 4.42 Å². The lowest BCUT2D eigenvalue weighted by Gasteiger charge is -2.17. The van der Waals surface area contributed by atoms with E-state index in [1.165, 1.54) is 0 Å². The zero-order valence-electron chi connectivity index (χ0n) is 12.2. The molecule has 0 bridgehead atoms. The molecule has 0 fully saturated rings. The average molecular weight is 298 g/mol. The lowest BCUT2D eigenvalue weighted by Crippen LogP contribution is -2.33. The SMILES string of the molecule is CC(CC(O)c1ccccc1)NC(=O)c1cc2occc2[nH]1. The Hall–Kier alpha value is -2.53. The van der Waals surface area contributed by atoms with Crippen LogP contribution in [0.2, 0.25) is 0 Å². The van der Waals surface area contributed by atoms with Gasteiger partial charge in [-0.25, -0.2) is 0 Å². The number of aromatic nitrogens is 1. The van der Waals surface area contributed by atoms with Gasteiger partial charge in [0, 0.05) is 18.2 Å². The first-order chi connectivity index (χ1) is 10.6. The highest BCUT2D eigenvalue weighted by Crippen LogP contribution is 2.19. The largest absolute Gasteiger partial charge is 0.463 e. The number of H-pyrrole nitrogens is 1. The Morgan fingerprint density at radius 1 is 1.32 bits per heavy atom. The Balaban J connectivity index is 1.60. The molecule has 2 aromatic heterocycles. The zero-order valence-corrected chi connectivity index (χ0v) is 12.2. The van der Waals surface area contributed by atoms with Crippen molar-refractivity contribution >= 4 is 17.0 Å². The fraction of sp³-hybridized carbons (Fsp3) is 0.235. The number of fused-ring (bicyclic) bond motifs is 1. The Kier molecular flexibility index (Phi) is 3.98. The molecule has 0 saturated carbocycles. The van der Waals surface area contributed by atoms with Crippen molar-refractivity contribution in [3.63, 3.8) is 0 Å². The molecule has 0 aliphatic heterocycles. The third kappa shape index (κ3) is 3.04. The van der Waals surface area contributed by atoms with E-state index < -0.39 is 6.10 Å². The van der Waals surface area contributed by atoms with Gasteiger partial charge in [-0.05, 0) is 18.9 Å². The van der Waals surface area contributed by atoms with Crippen LogP contribution in [0.1, 0.15) is 35.5 Å². The Bertz CT molecular complexity index is 732. The van der Waals surface area contributed by atoms with E-state index >= 15 is 0 Å². The van der Waals surface area contributed by atoms with Crippen molar-refractivity contribution in [2.75, 3.05) is 0 Å². The molecule has 0 radical (unpaired) electrons. The van der Waals surface area contributed by atoms with Gasteiger partial charge in [-0.15, -0.1) is 0 Å². The second-order valence-corrected chi connectivity index (χ2v) is 5.42. The van der Waals surface area contributed by atoms with Crippen LogP contribution in [-0.4, -0.2) is 22.0 Å². The average Bonchev–Trinajstić information content (AvgIpc) is 3.09. The number of carbonyl (C=O) groups is 1. The van der Waals surface area contributed by atoms with Crippen LogP contribution >= 0.6 is 0 Å². The quantitative estimate of drug-likeness (QED) is 0.677. The molecular formula is C17H18N2O3. The first kappa shape index (κ1) is 14.4. The maximum absolute atomic E-state index is 12.2. The van der Waals surface area contributed by atoms with Crippen LogP contribution in [0.3, 0.4) is 0 Å². The van der Waals surface area contributed by atoms with Crippen LogP contribution in [0.15, 0.2) is 53.1 Å². The summed E-state index contributed by atoms with van der Waals surface area (Å²) < 4.78 is 5.22. The van der Waals surface area contributed by atoms with Crippen molar-refractivity contribution in [3.05, 3.63) is 60.0 Å². The van der Waals surface area contributed by atoms with Gasteiger partial charge in [-0.2, -0.15) is 0 Å². The van der Waals surface area contributed by atoms with E-state index in [-0.39, 0.29) is 11.9 Å². The smallest absolute Gasteiger partial charge is 0.268 e. The van der Waals surface area contributed by atoms with Crippen LogP contribution in [0.4, 0.5) is 0 Å². The molecule has 3 N–H and O–H groups in total. The summed E-state index contributed by atoms with van der Waals surface area (Å²) in [5.41, 5.74) is 2.75. The second kappa shape index (κ2) is 6.07. The predicted octanol–water partition coefficient (Wildman–Crippen LogP) is 3.00. The topological polar surface area (TPSA) is 78.3 Å². The molecule has 5 nitrogen and oxygen atoms in total. The summed E-state index contributed by atoms with van der Waals surface area (Å²) in [7, 11) is 0. The van der Waals surface area contributed by atoms with Crippen LogP contribution in [0, 0.1) is 0 Å². The van der Waals surface area contributed by atoms with Crippen molar-refractivity contribution in [1.82, 2.24) is 10.3 Å². The Morgan fingerprint density at radius 2 is 2.09 bits per heavy atom. The van der Waals surface area contributed by atoms with E-state index in [2.05, 4.69) is 10.3 Å². The standard InChI is InChI=1S/C17H18N2O3/c1-11(9-15(20)12-5-3-2-4-6-12)18-17(21)14-10-16-13(19-14)7-8-22-16/h2-8,10-11,15,19-20H,9H2,1H3,(H,18,21). The number of aliphatic hydroxyl groups excluding tert-OH is 1. The summed E-state index contributed by atoms with van der Waals surface area (Å²) in [6.45, 7) is 1.87. The van der Waals surface area contributed by atoms with Gasteiger partial charge in [0.1, 0.15) is 5.69 Å². The predicted molar refractivity (Wildman–Crippen MR) is 83.5 cm³/mol. The number of hydrogen-bond donors (Lipinski definition) is 3. The molecule has 1 amide bonds. The van der Waals surface area contributed by atoms with Gasteiger partial charge in [0.05, 0.1) is 17.9 Å².